The molecule has 158 valence electrons. The van der Waals surface area contributed by atoms with Crippen molar-refractivity contribution in [3.05, 3.63) is 30.6 Å². The maximum absolute atomic E-state index is 2.30. The minimum Gasteiger partial charge on any atom is -1.00 e. The summed E-state index contributed by atoms with van der Waals surface area (Å²) in [4.78, 5) is 0. The largest absolute Gasteiger partial charge is 1.00 e. The highest BCUT2D eigenvalue weighted by Crippen LogP contribution is 2.14. The van der Waals surface area contributed by atoms with Crippen LogP contribution >= 0.6 is 0 Å². The third-order valence-corrected chi connectivity index (χ3v) is 5.55. The molecule has 0 saturated heterocycles. The van der Waals surface area contributed by atoms with Gasteiger partial charge in [0.05, 0.1) is 0 Å². The summed E-state index contributed by atoms with van der Waals surface area (Å²) >= 11 is 0. The average molecular weight is 441 g/mol. The van der Waals surface area contributed by atoms with Crippen molar-refractivity contribution in [3.8, 4) is 0 Å². The SMILES string of the molecule is CCCCCCCCCCCCCCCCCCCC[n+]1ccccc1.[Br-]. The Labute approximate surface area is 181 Å². The molecular weight excluding hydrogens is 394 g/mol. The summed E-state index contributed by atoms with van der Waals surface area (Å²) < 4.78 is 2.30. The number of unbranched alkanes of at least 4 members (excludes halogenated alkanes) is 17. The van der Waals surface area contributed by atoms with E-state index in [0.717, 1.165) is 0 Å². The van der Waals surface area contributed by atoms with Crippen LogP contribution in [0.5, 0.6) is 0 Å². The molecular formula is C25H46BrN. The highest BCUT2D eigenvalue weighted by Gasteiger charge is 1.98. The summed E-state index contributed by atoms with van der Waals surface area (Å²) in [5.41, 5.74) is 0. The Bertz CT molecular complexity index is 379. The Morgan fingerprint density at radius 1 is 0.444 bits per heavy atom. The Kier molecular flexibility index (Phi) is 21.6. The fraction of sp³-hybridized carbons (Fsp3) is 0.800. The van der Waals surface area contributed by atoms with Crippen molar-refractivity contribution >= 4 is 0 Å². The zero-order chi connectivity index (χ0) is 18.5. The number of pyridine rings is 1. The van der Waals surface area contributed by atoms with Gasteiger partial charge in [-0.05, 0) is 6.42 Å². The van der Waals surface area contributed by atoms with Crippen LogP contribution in [0.15, 0.2) is 30.6 Å². The second kappa shape index (κ2) is 21.9. The van der Waals surface area contributed by atoms with Crippen molar-refractivity contribution in [3.63, 3.8) is 0 Å². The quantitative estimate of drug-likeness (QED) is 0.210. The molecule has 0 unspecified atom stereocenters. The van der Waals surface area contributed by atoms with Crippen molar-refractivity contribution in [2.24, 2.45) is 0 Å². The minimum absolute atomic E-state index is 0. The summed E-state index contributed by atoms with van der Waals surface area (Å²) in [5, 5.41) is 0. The topological polar surface area (TPSA) is 3.88 Å². The second-order valence-corrected chi connectivity index (χ2v) is 8.12. The predicted octanol–water partition coefficient (Wildman–Crippen LogP) is 5.02. The molecule has 0 bridgehead atoms. The molecule has 0 saturated carbocycles. The second-order valence-electron chi connectivity index (χ2n) is 8.12. The number of aryl methyl sites for hydroxylation is 1. The lowest BCUT2D eigenvalue weighted by Gasteiger charge is -2.03. The zero-order valence-electron chi connectivity index (χ0n) is 18.1. The first-order valence-corrected chi connectivity index (χ1v) is 11.9. The Balaban J connectivity index is 0.00000676. The third-order valence-electron chi connectivity index (χ3n) is 5.55. The van der Waals surface area contributed by atoms with Gasteiger partial charge < -0.3 is 17.0 Å². The maximum Gasteiger partial charge on any atom is 0.168 e. The molecule has 0 aliphatic carbocycles. The molecule has 0 aliphatic heterocycles. The number of rotatable bonds is 19. The van der Waals surface area contributed by atoms with Gasteiger partial charge in [0.1, 0.15) is 6.54 Å². The fourth-order valence-electron chi connectivity index (χ4n) is 3.78. The normalized spacial score (nSPS) is 10.7. The number of hydrogen-bond donors (Lipinski definition) is 0. The van der Waals surface area contributed by atoms with Gasteiger partial charge in [0.25, 0.3) is 0 Å². The van der Waals surface area contributed by atoms with Crippen LogP contribution in [0.1, 0.15) is 122 Å². The zero-order valence-corrected chi connectivity index (χ0v) is 19.7. The lowest BCUT2D eigenvalue weighted by molar-refractivity contribution is -0.697. The molecule has 0 N–H and O–H groups in total. The van der Waals surface area contributed by atoms with Crippen LogP contribution in [0.4, 0.5) is 0 Å². The van der Waals surface area contributed by atoms with Gasteiger partial charge in [-0.1, -0.05) is 116 Å². The Hall–Kier alpha value is -0.370. The molecule has 27 heavy (non-hydrogen) atoms. The summed E-state index contributed by atoms with van der Waals surface area (Å²) in [6.07, 6.45) is 30.4. The minimum atomic E-state index is 0. The van der Waals surface area contributed by atoms with E-state index in [1.807, 2.05) is 0 Å². The van der Waals surface area contributed by atoms with Gasteiger partial charge in [0.15, 0.2) is 12.4 Å². The van der Waals surface area contributed by atoms with E-state index >= 15 is 0 Å². The molecule has 0 atom stereocenters. The molecule has 0 amide bonds. The van der Waals surface area contributed by atoms with Crippen LogP contribution in [-0.2, 0) is 6.54 Å². The van der Waals surface area contributed by atoms with Gasteiger partial charge in [0.2, 0.25) is 0 Å². The van der Waals surface area contributed by atoms with Crippen LogP contribution < -0.4 is 21.5 Å². The lowest BCUT2D eigenvalue weighted by Crippen LogP contribution is -3.00. The molecule has 0 aromatic carbocycles. The smallest absolute Gasteiger partial charge is 0.168 e. The first-order chi connectivity index (χ1) is 12.9. The van der Waals surface area contributed by atoms with Crippen LogP contribution in [0.2, 0.25) is 0 Å². The standard InChI is InChI=1S/C25H46N.BrH/c1-2-3-4-5-6-7-8-9-10-11-12-13-14-15-16-17-18-20-23-26-24-21-19-22-25-26;/h19,21-22,24-25H,2-18,20,23H2,1H3;1H/q+1;/p-1. The maximum atomic E-state index is 2.30. The van der Waals surface area contributed by atoms with E-state index in [4.69, 9.17) is 0 Å². The molecule has 2 heteroatoms. The molecule has 1 rings (SSSR count). The first kappa shape index (κ1) is 26.6. The van der Waals surface area contributed by atoms with E-state index in [0.29, 0.717) is 0 Å². The van der Waals surface area contributed by atoms with Crippen LogP contribution in [0, 0.1) is 0 Å². The van der Waals surface area contributed by atoms with Gasteiger partial charge >= 0.3 is 0 Å². The van der Waals surface area contributed by atoms with Gasteiger partial charge in [-0.15, -0.1) is 0 Å². The number of hydrogen-bond acceptors (Lipinski definition) is 0. The molecule has 0 fully saturated rings. The molecule has 1 aromatic heterocycles. The van der Waals surface area contributed by atoms with Crippen molar-refractivity contribution in [1.29, 1.82) is 0 Å². The number of nitrogens with zero attached hydrogens (tertiary/aromatic N) is 1. The Morgan fingerprint density at radius 2 is 0.778 bits per heavy atom. The molecule has 0 spiro atoms. The first-order valence-electron chi connectivity index (χ1n) is 11.9. The van der Waals surface area contributed by atoms with E-state index in [9.17, 15) is 0 Å². The van der Waals surface area contributed by atoms with Crippen molar-refractivity contribution < 1.29 is 21.5 Å². The van der Waals surface area contributed by atoms with E-state index in [1.54, 1.807) is 0 Å². The lowest BCUT2D eigenvalue weighted by atomic mass is 10.0. The van der Waals surface area contributed by atoms with Gasteiger partial charge in [-0.2, -0.15) is 0 Å². The van der Waals surface area contributed by atoms with E-state index in [2.05, 4.69) is 42.1 Å². The molecule has 1 nitrogen and oxygen atoms in total. The highest BCUT2D eigenvalue weighted by molar-refractivity contribution is 4.83. The summed E-state index contributed by atoms with van der Waals surface area (Å²) in [7, 11) is 0. The molecule has 1 heterocycles. The fourth-order valence-corrected chi connectivity index (χ4v) is 3.78. The van der Waals surface area contributed by atoms with Crippen LogP contribution in [-0.4, -0.2) is 0 Å². The number of halogens is 1. The van der Waals surface area contributed by atoms with E-state index in [-0.39, 0.29) is 17.0 Å². The van der Waals surface area contributed by atoms with E-state index in [1.165, 1.54) is 122 Å². The summed E-state index contributed by atoms with van der Waals surface area (Å²) in [6.45, 7) is 3.48. The highest BCUT2D eigenvalue weighted by atomic mass is 79.9. The third kappa shape index (κ3) is 18.7. The van der Waals surface area contributed by atoms with Crippen molar-refractivity contribution in [2.75, 3.05) is 0 Å². The summed E-state index contributed by atoms with van der Waals surface area (Å²) in [6, 6.07) is 6.33. The van der Waals surface area contributed by atoms with Crippen LogP contribution in [0.25, 0.3) is 0 Å². The Morgan fingerprint density at radius 3 is 1.15 bits per heavy atom. The van der Waals surface area contributed by atoms with Gasteiger partial charge in [-0.25, -0.2) is 4.57 Å². The molecule has 0 radical (unpaired) electrons. The molecule has 1 aromatic rings. The monoisotopic (exact) mass is 439 g/mol. The average Bonchev–Trinajstić information content (AvgIpc) is 2.68. The van der Waals surface area contributed by atoms with Gasteiger partial charge in [0, 0.05) is 18.6 Å². The van der Waals surface area contributed by atoms with E-state index < -0.39 is 0 Å². The van der Waals surface area contributed by atoms with Gasteiger partial charge in [-0.3, -0.25) is 0 Å². The summed E-state index contributed by atoms with van der Waals surface area (Å²) in [5.74, 6) is 0. The molecule has 0 aliphatic rings. The number of aromatic nitrogens is 1. The van der Waals surface area contributed by atoms with Crippen molar-refractivity contribution in [2.45, 2.75) is 129 Å². The predicted molar refractivity (Wildman–Crippen MR) is 115 cm³/mol. The van der Waals surface area contributed by atoms with Crippen LogP contribution in [0.3, 0.4) is 0 Å². The van der Waals surface area contributed by atoms with Crippen molar-refractivity contribution in [1.82, 2.24) is 0 Å².